The summed E-state index contributed by atoms with van der Waals surface area (Å²) in [7, 11) is 0. The normalized spacial score (nSPS) is 22.8. The Labute approximate surface area is 61.3 Å². The van der Waals surface area contributed by atoms with E-state index < -0.39 is 0 Å². The number of rotatable bonds is 1. The van der Waals surface area contributed by atoms with E-state index in [-0.39, 0.29) is 5.91 Å². The number of carbonyl (C=O) groups excluding carboxylic acids is 1. The molecule has 0 unspecified atom stereocenters. The number of allylic oxidation sites excluding steroid dienone is 1. The second-order valence-electron chi connectivity index (χ2n) is 2.62. The second kappa shape index (κ2) is 2.86. The molecule has 0 aromatic rings. The SMILES string of the molecule is CCC(C)=C1CCNC1=O. The van der Waals surface area contributed by atoms with Gasteiger partial charge in [-0.15, -0.1) is 0 Å². The minimum atomic E-state index is 0.138. The van der Waals surface area contributed by atoms with E-state index in [1.807, 2.05) is 6.92 Å². The molecule has 1 aliphatic rings. The molecular weight excluding hydrogens is 126 g/mol. The van der Waals surface area contributed by atoms with Crippen molar-refractivity contribution in [2.75, 3.05) is 6.54 Å². The zero-order valence-corrected chi connectivity index (χ0v) is 6.53. The molecule has 1 fully saturated rings. The van der Waals surface area contributed by atoms with Crippen LogP contribution in [-0.4, -0.2) is 12.5 Å². The quantitative estimate of drug-likeness (QED) is 0.544. The lowest BCUT2D eigenvalue weighted by molar-refractivity contribution is -0.116. The van der Waals surface area contributed by atoms with Gasteiger partial charge in [0.1, 0.15) is 0 Å². The molecule has 0 aromatic heterocycles. The van der Waals surface area contributed by atoms with Crippen molar-refractivity contribution in [1.29, 1.82) is 0 Å². The third kappa shape index (κ3) is 1.20. The standard InChI is InChI=1S/C8H13NO/c1-3-6(2)7-4-5-9-8(7)10/h3-5H2,1-2H3,(H,9,10). The molecule has 56 valence electrons. The predicted octanol–water partition coefficient (Wildman–Crippen LogP) is 1.23. The smallest absolute Gasteiger partial charge is 0.247 e. The molecule has 1 heterocycles. The van der Waals surface area contributed by atoms with Gasteiger partial charge in [0.15, 0.2) is 0 Å². The van der Waals surface area contributed by atoms with E-state index >= 15 is 0 Å². The topological polar surface area (TPSA) is 29.1 Å². The lowest BCUT2D eigenvalue weighted by Gasteiger charge is -1.98. The first-order valence-electron chi connectivity index (χ1n) is 3.72. The first kappa shape index (κ1) is 7.32. The van der Waals surface area contributed by atoms with Crippen molar-refractivity contribution in [3.63, 3.8) is 0 Å². The van der Waals surface area contributed by atoms with Crippen molar-refractivity contribution in [2.45, 2.75) is 26.7 Å². The fourth-order valence-corrected chi connectivity index (χ4v) is 1.14. The third-order valence-corrected chi connectivity index (χ3v) is 1.98. The summed E-state index contributed by atoms with van der Waals surface area (Å²) in [5.74, 6) is 0.138. The summed E-state index contributed by atoms with van der Waals surface area (Å²) in [6.07, 6.45) is 1.90. The molecule has 2 heteroatoms. The minimum Gasteiger partial charge on any atom is -0.352 e. The van der Waals surface area contributed by atoms with Gasteiger partial charge in [-0.1, -0.05) is 12.5 Å². The van der Waals surface area contributed by atoms with E-state index in [2.05, 4.69) is 12.2 Å². The Hall–Kier alpha value is -0.790. The lowest BCUT2D eigenvalue weighted by Crippen LogP contribution is -2.14. The summed E-state index contributed by atoms with van der Waals surface area (Å²) in [5.41, 5.74) is 2.23. The van der Waals surface area contributed by atoms with Gasteiger partial charge in [-0.25, -0.2) is 0 Å². The maximum absolute atomic E-state index is 11.0. The lowest BCUT2D eigenvalue weighted by atomic mass is 10.1. The van der Waals surface area contributed by atoms with E-state index in [4.69, 9.17) is 0 Å². The van der Waals surface area contributed by atoms with Gasteiger partial charge in [-0.3, -0.25) is 4.79 Å². The van der Waals surface area contributed by atoms with E-state index in [0.29, 0.717) is 0 Å². The molecule has 1 N–H and O–H groups in total. The summed E-state index contributed by atoms with van der Waals surface area (Å²) >= 11 is 0. The Balaban J connectivity index is 2.79. The highest BCUT2D eigenvalue weighted by Crippen LogP contribution is 2.15. The van der Waals surface area contributed by atoms with Gasteiger partial charge in [-0.05, 0) is 19.8 Å². The summed E-state index contributed by atoms with van der Waals surface area (Å²) in [4.78, 5) is 11.0. The van der Waals surface area contributed by atoms with Crippen LogP contribution < -0.4 is 5.32 Å². The Kier molecular flexibility index (Phi) is 2.10. The molecule has 0 saturated carbocycles. The van der Waals surface area contributed by atoms with Crippen LogP contribution in [-0.2, 0) is 4.79 Å². The highest BCUT2D eigenvalue weighted by Gasteiger charge is 2.17. The third-order valence-electron chi connectivity index (χ3n) is 1.98. The molecule has 1 saturated heterocycles. The largest absolute Gasteiger partial charge is 0.352 e. The summed E-state index contributed by atoms with van der Waals surface area (Å²) in [6, 6.07) is 0. The van der Waals surface area contributed by atoms with Gasteiger partial charge in [0.05, 0.1) is 0 Å². The molecule has 0 bridgehead atoms. The molecular formula is C8H13NO. The van der Waals surface area contributed by atoms with Crippen LogP contribution in [0.3, 0.4) is 0 Å². The summed E-state index contributed by atoms with van der Waals surface area (Å²) in [6.45, 7) is 4.93. The molecule has 0 aromatic carbocycles. The van der Waals surface area contributed by atoms with Crippen LogP contribution in [0.4, 0.5) is 0 Å². The van der Waals surface area contributed by atoms with Crippen molar-refractivity contribution < 1.29 is 4.79 Å². The molecule has 0 spiro atoms. The van der Waals surface area contributed by atoms with E-state index in [9.17, 15) is 4.79 Å². The molecule has 0 atom stereocenters. The van der Waals surface area contributed by atoms with Crippen LogP contribution in [0.1, 0.15) is 26.7 Å². The zero-order chi connectivity index (χ0) is 7.56. The van der Waals surface area contributed by atoms with E-state index in [1.165, 1.54) is 5.57 Å². The maximum Gasteiger partial charge on any atom is 0.247 e. The highest BCUT2D eigenvalue weighted by molar-refractivity contribution is 5.96. The Morgan fingerprint density at radius 1 is 1.70 bits per heavy atom. The highest BCUT2D eigenvalue weighted by atomic mass is 16.1. The average Bonchev–Trinajstić information content (AvgIpc) is 2.34. The van der Waals surface area contributed by atoms with Crippen molar-refractivity contribution in [3.8, 4) is 0 Å². The number of nitrogens with one attached hydrogen (secondary N) is 1. The Morgan fingerprint density at radius 3 is 2.80 bits per heavy atom. The van der Waals surface area contributed by atoms with Gasteiger partial charge in [0.25, 0.3) is 0 Å². The Bertz CT molecular complexity index is 182. The fraction of sp³-hybridized carbons (Fsp3) is 0.625. The fourth-order valence-electron chi connectivity index (χ4n) is 1.14. The number of amides is 1. The first-order chi connectivity index (χ1) is 4.75. The zero-order valence-electron chi connectivity index (χ0n) is 6.53. The van der Waals surface area contributed by atoms with Crippen molar-refractivity contribution in [3.05, 3.63) is 11.1 Å². The number of hydrogen-bond donors (Lipinski definition) is 1. The molecule has 0 aliphatic carbocycles. The summed E-state index contributed by atoms with van der Waals surface area (Å²) < 4.78 is 0. The summed E-state index contributed by atoms with van der Waals surface area (Å²) in [5, 5.41) is 2.79. The van der Waals surface area contributed by atoms with Crippen molar-refractivity contribution >= 4 is 5.91 Å². The van der Waals surface area contributed by atoms with Crippen LogP contribution in [0.15, 0.2) is 11.1 Å². The van der Waals surface area contributed by atoms with Crippen molar-refractivity contribution in [1.82, 2.24) is 5.32 Å². The molecule has 1 rings (SSSR count). The van der Waals surface area contributed by atoms with E-state index in [0.717, 1.165) is 25.0 Å². The van der Waals surface area contributed by atoms with Crippen LogP contribution in [0.2, 0.25) is 0 Å². The van der Waals surface area contributed by atoms with Gasteiger partial charge < -0.3 is 5.32 Å². The second-order valence-corrected chi connectivity index (χ2v) is 2.62. The molecule has 10 heavy (non-hydrogen) atoms. The predicted molar refractivity (Wildman–Crippen MR) is 40.6 cm³/mol. The van der Waals surface area contributed by atoms with Crippen molar-refractivity contribution in [2.24, 2.45) is 0 Å². The van der Waals surface area contributed by atoms with Gasteiger partial charge in [0.2, 0.25) is 5.91 Å². The molecule has 2 nitrogen and oxygen atoms in total. The van der Waals surface area contributed by atoms with Crippen LogP contribution >= 0.6 is 0 Å². The molecule has 1 aliphatic heterocycles. The monoisotopic (exact) mass is 139 g/mol. The molecule has 0 radical (unpaired) electrons. The number of carbonyl (C=O) groups is 1. The first-order valence-corrected chi connectivity index (χ1v) is 3.72. The minimum absolute atomic E-state index is 0.138. The van der Waals surface area contributed by atoms with Gasteiger partial charge in [0, 0.05) is 12.1 Å². The number of hydrogen-bond acceptors (Lipinski definition) is 1. The molecule has 1 amide bonds. The van der Waals surface area contributed by atoms with Crippen LogP contribution in [0, 0.1) is 0 Å². The Morgan fingerprint density at radius 2 is 2.40 bits per heavy atom. The van der Waals surface area contributed by atoms with Gasteiger partial charge in [-0.2, -0.15) is 0 Å². The maximum atomic E-state index is 11.0. The van der Waals surface area contributed by atoms with E-state index in [1.54, 1.807) is 0 Å². The van der Waals surface area contributed by atoms with Crippen LogP contribution in [0.25, 0.3) is 0 Å². The van der Waals surface area contributed by atoms with Crippen LogP contribution in [0.5, 0.6) is 0 Å². The van der Waals surface area contributed by atoms with Gasteiger partial charge >= 0.3 is 0 Å². The average molecular weight is 139 g/mol.